The fourth-order valence-electron chi connectivity index (χ4n) is 0.839. The van der Waals surface area contributed by atoms with Crippen molar-refractivity contribution in [3.05, 3.63) is 0 Å². The van der Waals surface area contributed by atoms with E-state index in [-0.39, 0.29) is 12.2 Å². The Labute approximate surface area is 101 Å². The van der Waals surface area contributed by atoms with Crippen molar-refractivity contribution in [2.24, 2.45) is 5.73 Å². The molecule has 0 saturated carbocycles. The number of nitrogens with two attached hydrogens (primary N) is 1. The minimum Gasteiger partial charge on any atom is -0.480 e. The lowest BCUT2D eigenvalue weighted by atomic mass is 10.3. The monoisotopic (exact) mass is 263 g/mol. The predicted octanol–water partition coefficient (Wildman–Crippen LogP) is -1.50. The zero-order chi connectivity index (χ0) is 13.3. The van der Waals surface area contributed by atoms with Crippen molar-refractivity contribution in [2.45, 2.75) is 12.5 Å². The number of hydrogen-bond acceptors (Lipinski definition) is 5. The summed E-state index contributed by atoms with van der Waals surface area (Å²) in [6, 6.07) is -1.91. The van der Waals surface area contributed by atoms with Crippen molar-refractivity contribution in [1.29, 1.82) is 0 Å². The van der Waals surface area contributed by atoms with E-state index >= 15 is 0 Å². The molecule has 0 aliphatic heterocycles. The summed E-state index contributed by atoms with van der Waals surface area (Å²) in [5, 5.41) is 12.7. The van der Waals surface area contributed by atoms with Gasteiger partial charge in [0.15, 0.2) is 0 Å². The number of carbonyl (C=O) groups is 4. The van der Waals surface area contributed by atoms with E-state index in [1.165, 1.54) is 11.8 Å². The molecule has 9 heteroatoms. The van der Waals surface area contributed by atoms with Gasteiger partial charge in [-0.3, -0.25) is 14.9 Å². The van der Waals surface area contributed by atoms with Crippen molar-refractivity contribution in [2.75, 3.05) is 11.5 Å². The van der Waals surface area contributed by atoms with E-state index in [1.807, 2.05) is 5.32 Å². The van der Waals surface area contributed by atoms with E-state index in [1.54, 1.807) is 0 Å². The molecule has 96 valence electrons. The Morgan fingerprint density at radius 1 is 1.41 bits per heavy atom. The Balaban J connectivity index is 3.74. The van der Waals surface area contributed by atoms with Crippen LogP contribution in [-0.4, -0.2) is 47.0 Å². The van der Waals surface area contributed by atoms with Gasteiger partial charge in [0.1, 0.15) is 6.04 Å². The van der Waals surface area contributed by atoms with Crippen molar-refractivity contribution in [1.82, 2.24) is 10.6 Å². The highest BCUT2D eigenvalue weighted by molar-refractivity contribution is 7.99. The van der Waals surface area contributed by atoms with Gasteiger partial charge in [0.05, 0.1) is 0 Å². The van der Waals surface area contributed by atoms with Crippen LogP contribution in [0.4, 0.5) is 4.79 Å². The number of aliphatic carboxylic acids is 1. The van der Waals surface area contributed by atoms with Gasteiger partial charge in [-0.15, -0.1) is 0 Å². The summed E-state index contributed by atoms with van der Waals surface area (Å²) in [5.41, 5.74) is 4.72. The van der Waals surface area contributed by atoms with Crippen LogP contribution in [0.15, 0.2) is 0 Å². The quantitative estimate of drug-likeness (QED) is 0.310. The number of thioether (sulfide) groups is 1. The third-order valence-electron chi connectivity index (χ3n) is 1.59. The van der Waals surface area contributed by atoms with Gasteiger partial charge in [-0.05, 0) is 0 Å². The number of hydrogen-bond donors (Lipinski definition) is 4. The first-order valence-corrected chi connectivity index (χ1v) is 5.72. The molecular weight excluding hydrogens is 250 g/mol. The molecular formula is C8H13N3O5S. The standard InChI is InChI=1S/C8H13N3O5S/c9-8(16)11-6(13)1-2-17-3-5(7(14)15)10-4-12/h4-5H,1-3H2,(H,10,12)(H,14,15)(H3,9,11,13,16). The van der Waals surface area contributed by atoms with Crippen LogP contribution < -0.4 is 16.4 Å². The molecule has 0 spiro atoms. The fourth-order valence-corrected chi connectivity index (χ4v) is 1.81. The molecule has 0 radical (unpaired) electrons. The molecule has 4 amide bonds. The van der Waals surface area contributed by atoms with Crippen molar-refractivity contribution in [3.8, 4) is 0 Å². The van der Waals surface area contributed by atoms with Crippen LogP contribution in [0.3, 0.4) is 0 Å². The molecule has 8 nitrogen and oxygen atoms in total. The van der Waals surface area contributed by atoms with Gasteiger partial charge in [0.2, 0.25) is 12.3 Å². The van der Waals surface area contributed by atoms with Gasteiger partial charge >= 0.3 is 12.0 Å². The lowest BCUT2D eigenvalue weighted by Gasteiger charge is -2.09. The average Bonchev–Trinajstić information content (AvgIpc) is 2.21. The first-order valence-electron chi connectivity index (χ1n) is 4.57. The van der Waals surface area contributed by atoms with E-state index in [2.05, 4.69) is 5.32 Å². The number of imide groups is 1. The van der Waals surface area contributed by atoms with Crippen LogP contribution in [0.2, 0.25) is 0 Å². The highest BCUT2D eigenvalue weighted by atomic mass is 32.2. The molecule has 5 N–H and O–H groups in total. The zero-order valence-corrected chi connectivity index (χ0v) is 9.66. The van der Waals surface area contributed by atoms with E-state index in [4.69, 9.17) is 10.8 Å². The molecule has 1 unspecified atom stereocenters. The number of primary amides is 1. The van der Waals surface area contributed by atoms with Crippen LogP contribution in [-0.2, 0) is 14.4 Å². The van der Waals surface area contributed by atoms with Crippen molar-refractivity contribution >= 4 is 36.1 Å². The number of urea groups is 1. The first-order chi connectivity index (χ1) is 7.97. The van der Waals surface area contributed by atoms with Crippen LogP contribution in [0.5, 0.6) is 0 Å². The fraction of sp³-hybridized carbons (Fsp3) is 0.500. The minimum atomic E-state index is -1.15. The first kappa shape index (κ1) is 15.2. The predicted molar refractivity (Wildman–Crippen MR) is 60.3 cm³/mol. The highest BCUT2D eigenvalue weighted by Gasteiger charge is 2.16. The lowest BCUT2D eigenvalue weighted by molar-refractivity contribution is -0.139. The van der Waals surface area contributed by atoms with Gasteiger partial charge in [0.25, 0.3) is 0 Å². The Kier molecular flexibility index (Phi) is 7.52. The van der Waals surface area contributed by atoms with Gasteiger partial charge in [-0.25, -0.2) is 9.59 Å². The summed E-state index contributed by atoms with van der Waals surface area (Å²) in [5.74, 6) is -1.21. The van der Waals surface area contributed by atoms with E-state index < -0.39 is 23.9 Å². The molecule has 0 saturated heterocycles. The normalized spacial score (nSPS) is 11.3. The summed E-state index contributed by atoms with van der Waals surface area (Å²) in [7, 11) is 0. The highest BCUT2D eigenvalue weighted by Crippen LogP contribution is 2.05. The molecule has 0 aromatic rings. The molecule has 0 aromatic heterocycles. The molecule has 1 atom stereocenters. The number of rotatable bonds is 8. The largest absolute Gasteiger partial charge is 0.480 e. The van der Waals surface area contributed by atoms with Crippen molar-refractivity contribution < 1.29 is 24.3 Å². The molecule has 17 heavy (non-hydrogen) atoms. The van der Waals surface area contributed by atoms with Crippen LogP contribution >= 0.6 is 11.8 Å². The maximum Gasteiger partial charge on any atom is 0.327 e. The lowest BCUT2D eigenvalue weighted by Crippen LogP contribution is -2.38. The summed E-state index contributed by atoms with van der Waals surface area (Å²) in [6.45, 7) is 0. The zero-order valence-electron chi connectivity index (χ0n) is 8.84. The number of amides is 4. The average molecular weight is 263 g/mol. The SMILES string of the molecule is NC(=O)NC(=O)CCSCC(NC=O)C(=O)O. The minimum absolute atomic E-state index is 0.0427. The Hall–Kier alpha value is -1.77. The molecule has 0 bridgehead atoms. The Bertz CT molecular complexity index is 310. The molecule has 0 fully saturated rings. The Morgan fingerprint density at radius 2 is 2.06 bits per heavy atom. The maximum absolute atomic E-state index is 10.9. The number of carboxylic acids is 1. The smallest absolute Gasteiger partial charge is 0.327 e. The number of carboxylic acid groups (broad SMARTS) is 1. The van der Waals surface area contributed by atoms with Crippen LogP contribution in [0.1, 0.15) is 6.42 Å². The number of carbonyl (C=O) groups excluding carboxylic acids is 3. The summed E-state index contributed by atoms with van der Waals surface area (Å²) in [6.07, 6.45) is 0.347. The van der Waals surface area contributed by atoms with E-state index in [0.717, 1.165) is 0 Å². The van der Waals surface area contributed by atoms with Crippen molar-refractivity contribution in [3.63, 3.8) is 0 Å². The third kappa shape index (κ3) is 8.08. The topological polar surface area (TPSA) is 139 Å². The third-order valence-corrected chi connectivity index (χ3v) is 2.65. The van der Waals surface area contributed by atoms with Gasteiger partial charge < -0.3 is 16.2 Å². The van der Waals surface area contributed by atoms with E-state index in [0.29, 0.717) is 12.2 Å². The maximum atomic E-state index is 10.9. The second-order valence-corrected chi connectivity index (χ2v) is 4.06. The Morgan fingerprint density at radius 3 is 2.53 bits per heavy atom. The number of nitrogens with one attached hydrogen (secondary N) is 2. The molecule has 0 aliphatic rings. The van der Waals surface area contributed by atoms with E-state index in [9.17, 15) is 19.2 Å². The molecule has 0 heterocycles. The van der Waals surface area contributed by atoms with Gasteiger partial charge in [-0.1, -0.05) is 0 Å². The van der Waals surface area contributed by atoms with Gasteiger partial charge in [-0.2, -0.15) is 11.8 Å². The molecule has 0 aromatic carbocycles. The van der Waals surface area contributed by atoms with Gasteiger partial charge in [0, 0.05) is 17.9 Å². The second kappa shape index (κ2) is 8.39. The second-order valence-electron chi connectivity index (χ2n) is 2.91. The molecule has 0 aliphatic carbocycles. The summed E-state index contributed by atoms with van der Waals surface area (Å²) in [4.78, 5) is 41.9. The van der Waals surface area contributed by atoms with Crippen LogP contribution in [0.25, 0.3) is 0 Å². The summed E-state index contributed by atoms with van der Waals surface area (Å²) < 4.78 is 0. The molecule has 0 rings (SSSR count). The van der Waals surface area contributed by atoms with Crippen LogP contribution in [0, 0.1) is 0 Å². The summed E-state index contributed by atoms with van der Waals surface area (Å²) >= 11 is 1.17.